The minimum absolute atomic E-state index is 0.719. The summed E-state index contributed by atoms with van der Waals surface area (Å²) in [6, 6.07) is 2.47. The van der Waals surface area contributed by atoms with Crippen molar-refractivity contribution in [3.05, 3.63) is 0 Å². The average molecular weight is 224 g/mol. The summed E-state index contributed by atoms with van der Waals surface area (Å²) in [7, 11) is 0. The van der Waals surface area contributed by atoms with E-state index in [1.807, 2.05) is 0 Å². The minimum Gasteiger partial charge on any atom is -0.314 e. The van der Waals surface area contributed by atoms with Gasteiger partial charge in [-0.15, -0.1) is 0 Å². The summed E-state index contributed by atoms with van der Waals surface area (Å²) in [5.74, 6) is 0. The van der Waals surface area contributed by atoms with Crippen molar-refractivity contribution in [2.24, 2.45) is 0 Å². The molecule has 2 unspecified atom stereocenters. The van der Waals surface area contributed by atoms with E-state index in [-0.39, 0.29) is 0 Å². The summed E-state index contributed by atoms with van der Waals surface area (Å²) in [5.41, 5.74) is 0. The van der Waals surface area contributed by atoms with Gasteiger partial charge in [-0.25, -0.2) is 0 Å². The second-order valence-electron chi connectivity index (χ2n) is 5.66. The van der Waals surface area contributed by atoms with Crippen molar-refractivity contribution in [2.45, 2.75) is 76.9 Å². The molecule has 0 bridgehead atoms. The Hall–Kier alpha value is -0.0800. The van der Waals surface area contributed by atoms with Gasteiger partial charge in [-0.2, -0.15) is 0 Å². The zero-order chi connectivity index (χ0) is 11.4. The van der Waals surface area contributed by atoms with Gasteiger partial charge < -0.3 is 5.32 Å². The predicted octanol–water partition coefficient (Wildman–Crippen LogP) is 2.78. The number of piperidine rings is 1. The van der Waals surface area contributed by atoms with Gasteiger partial charge in [0.25, 0.3) is 0 Å². The number of hydrogen-bond acceptors (Lipinski definition) is 2. The lowest BCUT2D eigenvalue weighted by Gasteiger charge is -2.42. The zero-order valence-corrected chi connectivity index (χ0v) is 11.0. The highest BCUT2D eigenvalue weighted by Crippen LogP contribution is 2.27. The Labute approximate surface area is 101 Å². The quantitative estimate of drug-likeness (QED) is 0.793. The molecule has 0 aromatic carbocycles. The molecular weight excluding hydrogens is 196 g/mol. The molecule has 2 atom stereocenters. The van der Waals surface area contributed by atoms with Crippen molar-refractivity contribution in [3.8, 4) is 0 Å². The van der Waals surface area contributed by atoms with Gasteiger partial charge >= 0.3 is 0 Å². The fraction of sp³-hybridized carbons (Fsp3) is 1.00. The third-order valence-corrected chi connectivity index (χ3v) is 4.47. The lowest BCUT2D eigenvalue weighted by molar-refractivity contribution is 0.0821. The van der Waals surface area contributed by atoms with E-state index in [2.05, 4.69) is 24.1 Å². The van der Waals surface area contributed by atoms with E-state index in [0.29, 0.717) is 0 Å². The standard InChI is InChI=1S/C14H28N2/c1-3-16(13-7-5-4-6-8-13)14-9-10-15-12(2)11-14/h12-15H,3-11H2,1-2H3. The molecule has 1 N–H and O–H groups in total. The molecule has 1 aliphatic carbocycles. The topological polar surface area (TPSA) is 15.3 Å². The molecular formula is C14H28N2. The Bertz CT molecular complexity index is 199. The molecule has 2 rings (SSSR count). The first-order valence-corrected chi connectivity index (χ1v) is 7.30. The Morgan fingerprint density at radius 3 is 2.44 bits per heavy atom. The smallest absolute Gasteiger partial charge is 0.0125 e. The van der Waals surface area contributed by atoms with Crippen molar-refractivity contribution in [1.82, 2.24) is 10.2 Å². The van der Waals surface area contributed by atoms with Crippen LogP contribution in [0.15, 0.2) is 0 Å². The maximum absolute atomic E-state index is 3.57. The van der Waals surface area contributed by atoms with Gasteiger partial charge in [-0.1, -0.05) is 26.2 Å². The first kappa shape index (κ1) is 12.4. The first-order chi connectivity index (χ1) is 7.81. The number of hydrogen-bond donors (Lipinski definition) is 1. The van der Waals surface area contributed by atoms with Crippen LogP contribution in [0.2, 0.25) is 0 Å². The van der Waals surface area contributed by atoms with Gasteiger partial charge in [0.1, 0.15) is 0 Å². The molecule has 0 spiro atoms. The van der Waals surface area contributed by atoms with E-state index in [9.17, 15) is 0 Å². The van der Waals surface area contributed by atoms with Crippen LogP contribution in [0.25, 0.3) is 0 Å². The van der Waals surface area contributed by atoms with Crippen molar-refractivity contribution in [2.75, 3.05) is 13.1 Å². The minimum atomic E-state index is 0.719. The molecule has 0 amide bonds. The molecule has 2 heteroatoms. The lowest BCUT2D eigenvalue weighted by Crippen LogP contribution is -2.50. The van der Waals surface area contributed by atoms with Crippen LogP contribution in [-0.4, -0.2) is 36.1 Å². The van der Waals surface area contributed by atoms with Crippen molar-refractivity contribution >= 4 is 0 Å². The van der Waals surface area contributed by atoms with Gasteiger partial charge in [-0.05, 0) is 45.7 Å². The van der Waals surface area contributed by atoms with E-state index >= 15 is 0 Å². The van der Waals surface area contributed by atoms with Crippen LogP contribution in [0, 0.1) is 0 Å². The van der Waals surface area contributed by atoms with Gasteiger partial charge in [0.15, 0.2) is 0 Å². The van der Waals surface area contributed by atoms with Crippen LogP contribution in [0.5, 0.6) is 0 Å². The van der Waals surface area contributed by atoms with E-state index < -0.39 is 0 Å². The molecule has 1 aliphatic heterocycles. The van der Waals surface area contributed by atoms with Crippen molar-refractivity contribution in [1.29, 1.82) is 0 Å². The average Bonchev–Trinajstić information content (AvgIpc) is 2.31. The molecule has 2 fully saturated rings. The molecule has 2 nitrogen and oxygen atoms in total. The molecule has 1 heterocycles. The van der Waals surface area contributed by atoms with E-state index in [1.54, 1.807) is 0 Å². The number of rotatable bonds is 3. The largest absolute Gasteiger partial charge is 0.314 e. The summed E-state index contributed by atoms with van der Waals surface area (Å²) >= 11 is 0. The molecule has 0 radical (unpaired) electrons. The Balaban J connectivity index is 1.91. The highest BCUT2D eigenvalue weighted by molar-refractivity contribution is 4.86. The summed E-state index contributed by atoms with van der Waals surface area (Å²) in [5, 5.41) is 3.57. The van der Waals surface area contributed by atoms with Gasteiger partial charge in [0.2, 0.25) is 0 Å². The predicted molar refractivity (Wildman–Crippen MR) is 69.7 cm³/mol. The Morgan fingerprint density at radius 2 is 1.81 bits per heavy atom. The molecule has 1 saturated heterocycles. The van der Waals surface area contributed by atoms with Crippen LogP contribution in [0.4, 0.5) is 0 Å². The molecule has 0 aromatic rings. The second kappa shape index (κ2) is 6.02. The van der Waals surface area contributed by atoms with Gasteiger partial charge in [-0.3, -0.25) is 4.90 Å². The summed E-state index contributed by atoms with van der Waals surface area (Å²) in [6.45, 7) is 7.15. The lowest BCUT2D eigenvalue weighted by atomic mass is 9.90. The Kier molecular flexibility index (Phi) is 4.66. The van der Waals surface area contributed by atoms with Gasteiger partial charge in [0, 0.05) is 18.1 Å². The number of nitrogens with zero attached hydrogens (tertiary/aromatic N) is 1. The Morgan fingerprint density at radius 1 is 1.06 bits per heavy atom. The van der Waals surface area contributed by atoms with Crippen LogP contribution in [-0.2, 0) is 0 Å². The van der Waals surface area contributed by atoms with Crippen molar-refractivity contribution < 1.29 is 0 Å². The first-order valence-electron chi connectivity index (χ1n) is 7.30. The van der Waals surface area contributed by atoms with Crippen molar-refractivity contribution in [3.63, 3.8) is 0 Å². The normalized spacial score (nSPS) is 33.2. The summed E-state index contributed by atoms with van der Waals surface area (Å²) in [6.07, 6.45) is 10.00. The maximum Gasteiger partial charge on any atom is 0.0125 e. The van der Waals surface area contributed by atoms with Crippen LogP contribution in [0.1, 0.15) is 58.8 Å². The van der Waals surface area contributed by atoms with Crippen LogP contribution in [0.3, 0.4) is 0 Å². The number of nitrogens with one attached hydrogen (secondary N) is 1. The second-order valence-corrected chi connectivity index (χ2v) is 5.66. The van der Waals surface area contributed by atoms with Gasteiger partial charge in [0.05, 0.1) is 0 Å². The molecule has 0 aromatic heterocycles. The zero-order valence-electron chi connectivity index (χ0n) is 11.0. The van der Waals surface area contributed by atoms with E-state index in [4.69, 9.17) is 0 Å². The third-order valence-electron chi connectivity index (χ3n) is 4.47. The highest BCUT2D eigenvalue weighted by Gasteiger charge is 2.29. The SMILES string of the molecule is CCN(C1CCCCC1)C1CCNC(C)C1. The highest BCUT2D eigenvalue weighted by atomic mass is 15.2. The molecule has 2 aliphatic rings. The summed E-state index contributed by atoms with van der Waals surface area (Å²) in [4.78, 5) is 2.82. The fourth-order valence-corrected chi connectivity index (χ4v) is 3.63. The van der Waals surface area contributed by atoms with Crippen LogP contribution < -0.4 is 5.32 Å². The summed E-state index contributed by atoms with van der Waals surface area (Å²) < 4.78 is 0. The van der Waals surface area contributed by atoms with E-state index in [1.165, 1.54) is 58.0 Å². The molecule has 16 heavy (non-hydrogen) atoms. The van der Waals surface area contributed by atoms with Crippen LogP contribution >= 0.6 is 0 Å². The molecule has 1 saturated carbocycles. The fourth-order valence-electron chi connectivity index (χ4n) is 3.63. The molecule has 94 valence electrons. The van der Waals surface area contributed by atoms with E-state index in [0.717, 1.165) is 18.1 Å². The maximum atomic E-state index is 3.57. The monoisotopic (exact) mass is 224 g/mol. The third kappa shape index (κ3) is 2.98.